The summed E-state index contributed by atoms with van der Waals surface area (Å²) in [5, 5.41) is 3.78. The summed E-state index contributed by atoms with van der Waals surface area (Å²) >= 11 is 12.0. The topological polar surface area (TPSA) is 35.6 Å². The Hall–Kier alpha value is -1.82. The van der Waals surface area contributed by atoms with Gasteiger partial charge in [-0.3, -0.25) is 9.69 Å². The Morgan fingerprint density at radius 2 is 1.81 bits per heavy atom. The van der Waals surface area contributed by atoms with Gasteiger partial charge in [-0.25, -0.2) is 4.39 Å². The van der Waals surface area contributed by atoms with Crippen LogP contribution in [0.5, 0.6) is 0 Å². The molecule has 1 amide bonds. The summed E-state index contributed by atoms with van der Waals surface area (Å²) in [6.07, 6.45) is 0.937. The van der Waals surface area contributed by atoms with Gasteiger partial charge >= 0.3 is 0 Å². The molecule has 4 nitrogen and oxygen atoms in total. The summed E-state index contributed by atoms with van der Waals surface area (Å²) in [6.45, 7) is 3.57. The van der Waals surface area contributed by atoms with Gasteiger partial charge in [-0.2, -0.15) is 0 Å². The predicted molar refractivity (Wildman–Crippen MR) is 105 cm³/mol. The Balaban J connectivity index is 1.54. The Kier molecular flexibility index (Phi) is 6.35. The number of anilines is 2. The molecule has 0 bridgehead atoms. The molecule has 1 saturated heterocycles. The third-order valence-electron chi connectivity index (χ3n) is 4.35. The molecule has 0 saturated carbocycles. The molecule has 0 aliphatic carbocycles. The molecule has 0 radical (unpaired) electrons. The standard InChI is InChI=1S/C19H20Cl2FN3O/c20-14-2-7-18(17(21)12-14)23-19(26)13-24-8-1-9-25(11-10-24)16-5-3-15(22)4-6-16/h2-7,12H,1,8-11,13H2,(H,23,26). The fourth-order valence-electron chi connectivity index (χ4n) is 3.02. The second kappa shape index (κ2) is 8.71. The first kappa shape index (κ1) is 19.0. The minimum absolute atomic E-state index is 0.107. The molecule has 26 heavy (non-hydrogen) atoms. The molecule has 3 rings (SSSR count). The van der Waals surface area contributed by atoms with Crippen LogP contribution in [0, 0.1) is 5.82 Å². The smallest absolute Gasteiger partial charge is 0.238 e. The number of halogens is 3. The average molecular weight is 396 g/mol. The number of carbonyl (C=O) groups excluding carboxylic acids is 1. The highest BCUT2D eigenvalue weighted by Gasteiger charge is 2.18. The van der Waals surface area contributed by atoms with Crippen molar-refractivity contribution in [1.82, 2.24) is 4.90 Å². The molecule has 1 N–H and O–H groups in total. The number of nitrogens with zero attached hydrogens (tertiary/aromatic N) is 2. The summed E-state index contributed by atoms with van der Waals surface area (Å²) in [5.41, 5.74) is 1.56. The molecule has 1 fully saturated rings. The molecular weight excluding hydrogens is 376 g/mol. The van der Waals surface area contributed by atoms with Gasteiger partial charge in [0.15, 0.2) is 0 Å². The van der Waals surface area contributed by atoms with Crippen molar-refractivity contribution in [3.63, 3.8) is 0 Å². The van der Waals surface area contributed by atoms with Gasteiger partial charge in [-0.05, 0) is 48.9 Å². The minimum atomic E-state index is -0.234. The molecule has 0 atom stereocenters. The van der Waals surface area contributed by atoms with Crippen molar-refractivity contribution >= 4 is 40.5 Å². The maximum absolute atomic E-state index is 13.1. The number of rotatable bonds is 4. The highest BCUT2D eigenvalue weighted by Crippen LogP contribution is 2.25. The van der Waals surface area contributed by atoms with E-state index in [-0.39, 0.29) is 11.7 Å². The number of benzene rings is 2. The SMILES string of the molecule is O=C(CN1CCCN(c2ccc(F)cc2)CC1)Nc1ccc(Cl)cc1Cl. The van der Waals surface area contributed by atoms with Crippen LogP contribution in [0.25, 0.3) is 0 Å². The highest BCUT2D eigenvalue weighted by molar-refractivity contribution is 6.36. The second-order valence-electron chi connectivity index (χ2n) is 6.27. The molecule has 2 aromatic rings. The summed E-state index contributed by atoms with van der Waals surface area (Å²) in [6, 6.07) is 11.5. The van der Waals surface area contributed by atoms with Gasteiger partial charge in [-0.15, -0.1) is 0 Å². The number of hydrogen-bond acceptors (Lipinski definition) is 3. The van der Waals surface area contributed by atoms with Crippen LogP contribution in [0.15, 0.2) is 42.5 Å². The average Bonchev–Trinajstić information content (AvgIpc) is 2.84. The van der Waals surface area contributed by atoms with E-state index in [0.29, 0.717) is 22.3 Å². The van der Waals surface area contributed by atoms with Gasteiger partial charge in [0.05, 0.1) is 17.3 Å². The van der Waals surface area contributed by atoms with Crippen molar-refractivity contribution in [2.24, 2.45) is 0 Å². The minimum Gasteiger partial charge on any atom is -0.370 e. The van der Waals surface area contributed by atoms with E-state index in [2.05, 4.69) is 15.1 Å². The molecule has 0 spiro atoms. The van der Waals surface area contributed by atoms with E-state index in [0.717, 1.165) is 38.3 Å². The third kappa shape index (κ3) is 5.10. The van der Waals surface area contributed by atoms with Crippen LogP contribution in [0.4, 0.5) is 15.8 Å². The van der Waals surface area contributed by atoms with E-state index < -0.39 is 0 Å². The Morgan fingerprint density at radius 3 is 2.54 bits per heavy atom. The fourth-order valence-corrected chi connectivity index (χ4v) is 3.48. The van der Waals surface area contributed by atoms with Crippen molar-refractivity contribution in [1.29, 1.82) is 0 Å². The van der Waals surface area contributed by atoms with E-state index in [1.54, 1.807) is 30.3 Å². The van der Waals surface area contributed by atoms with Gasteiger partial charge < -0.3 is 10.2 Å². The zero-order chi connectivity index (χ0) is 18.5. The van der Waals surface area contributed by atoms with Crippen LogP contribution in [0.2, 0.25) is 10.0 Å². The molecule has 1 aliphatic heterocycles. The molecule has 138 valence electrons. The van der Waals surface area contributed by atoms with Crippen LogP contribution < -0.4 is 10.2 Å². The van der Waals surface area contributed by atoms with E-state index in [4.69, 9.17) is 23.2 Å². The van der Waals surface area contributed by atoms with E-state index in [1.807, 2.05) is 0 Å². The fraction of sp³-hybridized carbons (Fsp3) is 0.316. The number of nitrogens with one attached hydrogen (secondary N) is 1. The van der Waals surface area contributed by atoms with Crippen LogP contribution in [0.1, 0.15) is 6.42 Å². The largest absolute Gasteiger partial charge is 0.370 e. The lowest BCUT2D eigenvalue weighted by molar-refractivity contribution is -0.117. The van der Waals surface area contributed by atoms with Gasteiger partial charge in [-0.1, -0.05) is 23.2 Å². The molecule has 0 aromatic heterocycles. The predicted octanol–water partition coefficient (Wildman–Crippen LogP) is 4.28. The molecular formula is C19H20Cl2FN3O. The zero-order valence-electron chi connectivity index (χ0n) is 14.2. The van der Waals surface area contributed by atoms with Crippen LogP contribution >= 0.6 is 23.2 Å². The lowest BCUT2D eigenvalue weighted by Gasteiger charge is -2.23. The van der Waals surface area contributed by atoms with Crippen molar-refractivity contribution in [3.05, 3.63) is 58.3 Å². The Labute approximate surface area is 162 Å². The lowest BCUT2D eigenvalue weighted by atomic mass is 10.2. The molecule has 0 unspecified atom stereocenters. The summed E-state index contributed by atoms with van der Waals surface area (Å²) in [7, 11) is 0. The summed E-state index contributed by atoms with van der Waals surface area (Å²) in [5.74, 6) is -0.341. The summed E-state index contributed by atoms with van der Waals surface area (Å²) in [4.78, 5) is 16.6. The van der Waals surface area contributed by atoms with E-state index in [9.17, 15) is 9.18 Å². The Morgan fingerprint density at radius 1 is 1.04 bits per heavy atom. The van der Waals surface area contributed by atoms with Crippen LogP contribution in [0.3, 0.4) is 0 Å². The van der Waals surface area contributed by atoms with Crippen molar-refractivity contribution in [2.45, 2.75) is 6.42 Å². The first-order chi connectivity index (χ1) is 12.5. The number of carbonyl (C=O) groups is 1. The third-order valence-corrected chi connectivity index (χ3v) is 4.90. The van der Waals surface area contributed by atoms with Gasteiger partial charge in [0.2, 0.25) is 5.91 Å². The summed E-state index contributed by atoms with van der Waals surface area (Å²) < 4.78 is 13.1. The van der Waals surface area contributed by atoms with Crippen molar-refractivity contribution < 1.29 is 9.18 Å². The molecule has 1 aliphatic rings. The van der Waals surface area contributed by atoms with E-state index >= 15 is 0 Å². The number of hydrogen-bond donors (Lipinski definition) is 1. The maximum atomic E-state index is 13.1. The first-order valence-electron chi connectivity index (χ1n) is 8.49. The van der Waals surface area contributed by atoms with Gasteiger partial charge in [0.1, 0.15) is 5.82 Å². The zero-order valence-corrected chi connectivity index (χ0v) is 15.7. The second-order valence-corrected chi connectivity index (χ2v) is 7.11. The molecule has 1 heterocycles. The lowest BCUT2D eigenvalue weighted by Crippen LogP contribution is -2.36. The Bertz CT molecular complexity index is 770. The highest BCUT2D eigenvalue weighted by atomic mass is 35.5. The molecule has 2 aromatic carbocycles. The molecule has 7 heteroatoms. The van der Waals surface area contributed by atoms with Crippen molar-refractivity contribution in [3.8, 4) is 0 Å². The number of amides is 1. The monoisotopic (exact) mass is 395 g/mol. The van der Waals surface area contributed by atoms with Crippen molar-refractivity contribution in [2.75, 3.05) is 42.9 Å². The van der Waals surface area contributed by atoms with Gasteiger partial charge in [0, 0.05) is 36.9 Å². The van der Waals surface area contributed by atoms with Crippen LogP contribution in [-0.4, -0.2) is 43.5 Å². The van der Waals surface area contributed by atoms with Gasteiger partial charge in [0.25, 0.3) is 0 Å². The maximum Gasteiger partial charge on any atom is 0.238 e. The van der Waals surface area contributed by atoms with Crippen LogP contribution in [-0.2, 0) is 4.79 Å². The quantitative estimate of drug-likeness (QED) is 0.838. The first-order valence-corrected chi connectivity index (χ1v) is 9.24. The normalized spacial score (nSPS) is 15.6. The van der Waals surface area contributed by atoms with E-state index in [1.165, 1.54) is 12.1 Å².